The zero-order chi connectivity index (χ0) is 13.2. The molecule has 0 spiro atoms. The van der Waals surface area contributed by atoms with Gasteiger partial charge >= 0.3 is 0 Å². The van der Waals surface area contributed by atoms with E-state index in [2.05, 4.69) is 4.90 Å². The molecule has 3 nitrogen and oxygen atoms in total. The van der Waals surface area contributed by atoms with Gasteiger partial charge in [-0.25, -0.2) is 0 Å². The molecular weight excluding hydrogens is 292 g/mol. The van der Waals surface area contributed by atoms with Crippen LogP contribution in [-0.4, -0.2) is 41.4 Å². The molecule has 0 aromatic rings. The first kappa shape index (κ1) is 16.4. The molecule has 1 amide bonds. The number of nitrogens with two attached hydrogens (primary N) is 1. The van der Waals surface area contributed by atoms with Gasteiger partial charge < -0.3 is 10.6 Å². The minimum Gasteiger partial charge on any atom is -0.342 e. The topological polar surface area (TPSA) is 46.3 Å². The van der Waals surface area contributed by atoms with Gasteiger partial charge in [0.15, 0.2) is 0 Å². The summed E-state index contributed by atoms with van der Waals surface area (Å²) in [6.07, 6.45) is 7.09. The number of thioether (sulfide) groups is 1. The van der Waals surface area contributed by atoms with Crippen LogP contribution in [0.4, 0.5) is 0 Å². The predicted octanol–water partition coefficient (Wildman–Crippen LogP) is 2.53. The van der Waals surface area contributed by atoms with Gasteiger partial charge in [0, 0.05) is 30.8 Å². The van der Waals surface area contributed by atoms with Gasteiger partial charge in [0.1, 0.15) is 0 Å². The Morgan fingerprint density at radius 1 is 1.05 bits per heavy atom. The second-order valence-corrected chi connectivity index (χ2v) is 7.71. The lowest BCUT2D eigenvalue weighted by atomic mass is 9.65. The molecule has 0 aromatic heterocycles. The summed E-state index contributed by atoms with van der Waals surface area (Å²) >= 11 is 1.99. The van der Waals surface area contributed by atoms with E-state index in [-0.39, 0.29) is 18.3 Å². The van der Waals surface area contributed by atoms with Crippen molar-refractivity contribution < 1.29 is 4.79 Å². The van der Waals surface area contributed by atoms with Gasteiger partial charge in [0.25, 0.3) is 0 Å². The predicted molar refractivity (Wildman–Crippen MR) is 87.3 cm³/mol. The lowest BCUT2D eigenvalue weighted by molar-refractivity contribution is -0.138. The molecule has 2 aliphatic carbocycles. The maximum Gasteiger partial charge on any atom is 0.225 e. The third kappa shape index (κ3) is 3.45. The van der Waals surface area contributed by atoms with Crippen LogP contribution in [0.25, 0.3) is 0 Å². The Morgan fingerprint density at radius 2 is 1.75 bits per heavy atom. The highest BCUT2D eigenvalue weighted by molar-refractivity contribution is 7.99. The van der Waals surface area contributed by atoms with E-state index >= 15 is 0 Å². The molecule has 0 aromatic carbocycles. The summed E-state index contributed by atoms with van der Waals surface area (Å²) in [5, 5.41) is 0. The molecule has 3 rings (SSSR count). The van der Waals surface area contributed by atoms with Crippen molar-refractivity contribution in [2.75, 3.05) is 24.6 Å². The molecule has 20 heavy (non-hydrogen) atoms. The molecule has 1 heterocycles. The van der Waals surface area contributed by atoms with E-state index < -0.39 is 0 Å². The summed E-state index contributed by atoms with van der Waals surface area (Å²) in [6.45, 7) is 1.94. The summed E-state index contributed by atoms with van der Waals surface area (Å²) in [5.41, 5.74) is 6.32. The molecule has 0 radical (unpaired) electrons. The molecule has 3 aliphatic rings. The highest BCUT2D eigenvalue weighted by Crippen LogP contribution is 2.42. The quantitative estimate of drug-likeness (QED) is 0.808. The third-order valence-electron chi connectivity index (χ3n) is 5.30. The molecule has 1 saturated heterocycles. The van der Waals surface area contributed by atoms with Gasteiger partial charge in [0.2, 0.25) is 5.91 Å². The van der Waals surface area contributed by atoms with Crippen LogP contribution in [0.2, 0.25) is 0 Å². The molecule has 2 saturated carbocycles. The van der Waals surface area contributed by atoms with E-state index in [1.165, 1.54) is 25.0 Å². The van der Waals surface area contributed by atoms with Gasteiger partial charge in [0.05, 0.1) is 0 Å². The van der Waals surface area contributed by atoms with Crippen molar-refractivity contribution >= 4 is 30.1 Å². The van der Waals surface area contributed by atoms with Crippen molar-refractivity contribution in [1.29, 1.82) is 0 Å². The first-order valence-electron chi connectivity index (χ1n) is 7.88. The van der Waals surface area contributed by atoms with Crippen molar-refractivity contribution in [2.24, 2.45) is 23.5 Å². The maximum absolute atomic E-state index is 12.7. The number of fused-ring (bicyclic) bond motifs is 2. The number of rotatable bonds is 1. The molecule has 2 unspecified atom stereocenters. The van der Waals surface area contributed by atoms with Gasteiger partial charge in [-0.1, -0.05) is 6.42 Å². The Bertz CT molecular complexity index is 320. The summed E-state index contributed by atoms with van der Waals surface area (Å²) in [4.78, 5) is 14.9. The third-order valence-corrected chi connectivity index (χ3v) is 6.34. The second kappa shape index (κ2) is 7.37. The number of hydrogen-bond donors (Lipinski definition) is 1. The minimum absolute atomic E-state index is 0. The van der Waals surface area contributed by atoms with E-state index in [4.69, 9.17) is 5.73 Å². The Labute approximate surface area is 132 Å². The fourth-order valence-electron chi connectivity index (χ4n) is 4.22. The highest BCUT2D eigenvalue weighted by Gasteiger charge is 2.41. The van der Waals surface area contributed by atoms with Gasteiger partial charge in [-0.15, -0.1) is 12.4 Å². The molecule has 2 atom stereocenters. The summed E-state index contributed by atoms with van der Waals surface area (Å²) in [7, 11) is 0. The molecular formula is C15H27ClN2OS. The number of halogens is 1. The molecule has 5 heteroatoms. The standard InChI is InChI=1S/C15H26N2OS.ClH/c16-14-11-3-1-4-12(14)10-13(9-11)15(18)17-5-2-7-19-8-6-17;/h11-14H,1-10,16H2;1H. The number of carbonyl (C=O) groups excluding carboxylic acids is 1. The fourth-order valence-corrected chi connectivity index (χ4v) is 5.10. The second-order valence-electron chi connectivity index (χ2n) is 6.49. The smallest absolute Gasteiger partial charge is 0.225 e. The molecule has 2 bridgehead atoms. The van der Waals surface area contributed by atoms with Crippen molar-refractivity contribution in [3.63, 3.8) is 0 Å². The molecule has 116 valence electrons. The number of amides is 1. The first-order chi connectivity index (χ1) is 9.25. The normalized spacial score (nSPS) is 37.8. The summed E-state index contributed by atoms with van der Waals surface area (Å²) < 4.78 is 0. The zero-order valence-electron chi connectivity index (χ0n) is 12.1. The van der Waals surface area contributed by atoms with Crippen molar-refractivity contribution in [3.05, 3.63) is 0 Å². The number of nitrogens with zero attached hydrogens (tertiary/aromatic N) is 1. The van der Waals surface area contributed by atoms with Crippen LogP contribution in [-0.2, 0) is 4.79 Å². The fraction of sp³-hybridized carbons (Fsp3) is 0.933. The van der Waals surface area contributed by atoms with Gasteiger partial charge in [-0.2, -0.15) is 11.8 Å². The lowest BCUT2D eigenvalue weighted by Crippen LogP contribution is -2.50. The summed E-state index contributed by atoms with van der Waals surface area (Å²) in [5.74, 6) is 4.27. The molecule has 2 N–H and O–H groups in total. The SMILES string of the molecule is Cl.NC1C2CCCC1CC(C(=O)N1CCCSCC1)C2. The van der Waals surface area contributed by atoms with E-state index in [0.29, 0.717) is 23.8 Å². The van der Waals surface area contributed by atoms with E-state index in [0.717, 1.165) is 38.1 Å². The number of carbonyl (C=O) groups is 1. The highest BCUT2D eigenvalue weighted by atomic mass is 35.5. The number of hydrogen-bond acceptors (Lipinski definition) is 3. The van der Waals surface area contributed by atoms with Crippen molar-refractivity contribution in [2.45, 2.75) is 44.6 Å². The zero-order valence-corrected chi connectivity index (χ0v) is 13.8. The van der Waals surface area contributed by atoms with Gasteiger partial charge in [-0.05, 0) is 49.7 Å². The minimum atomic E-state index is 0. The van der Waals surface area contributed by atoms with E-state index in [9.17, 15) is 4.79 Å². The van der Waals surface area contributed by atoms with Crippen LogP contribution in [0, 0.1) is 17.8 Å². The van der Waals surface area contributed by atoms with E-state index in [1.54, 1.807) is 0 Å². The Balaban J connectivity index is 0.00000147. The van der Waals surface area contributed by atoms with Crippen LogP contribution >= 0.6 is 24.2 Å². The monoisotopic (exact) mass is 318 g/mol. The van der Waals surface area contributed by atoms with Crippen LogP contribution in [0.1, 0.15) is 38.5 Å². The van der Waals surface area contributed by atoms with E-state index in [1.807, 2.05) is 11.8 Å². The summed E-state index contributed by atoms with van der Waals surface area (Å²) in [6, 6.07) is 0.373. The van der Waals surface area contributed by atoms with Crippen LogP contribution < -0.4 is 5.73 Å². The van der Waals surface area contributed by atoms with Crippen LogP contribution in [0.15, 0.2) is 0 Å². The van der Waals surface area contributed by atoms with Gasteiger partial charge in [-0.3, -0.25) is 4.79 Å². The Kier molecular flexibility index (Phi) is 6.06. The Morgan fingerprint density at radius 3 is 2.45 bits per heavy atom. The van der Waals surface area contributed by atoms with Crippen LogP contribution in [0.3, 0.4) is 0 Å². The molecule has 1 aliphatic heterocycles. The molecule has 3 fully saturated rings. The van der Waals surface area contributed by atoms with Crippen molar-refractivity contribution in [3.8, 4) is 0 Å². The van der Waals surface area contributed by atoms with Crippen molar-refractivity contribution in [1.82, 2.24) is 4.90 Å². The average Bonchev–Trinajstić information content (AvgIpc) is 2.66. The van der Waals surface area contributed by atoms with Crippen LogP contribution in [0.5, 0.6) is 0 Å². The largest absolute Gasteiger partial charge is 0.342 e. The maximum atomic E-state index is 12.7. The first-order valence-corrected chi connectivity index (χ1v) is 9.03. The average molecular weight is 319 g/mol. The Hall–Kier alpha value is 0.0700. The lowest BCUT2D eigenvalue weighted by Gasteiger charge is -2.44.